The second-order valence-corrected chi connectivity index (χ2v) is 4.65. The molecule has 0 bridgehead atoms. The van der Waals surface area contributed by atoms with Crippen molar-refractivity contribution in [2.24, 2.45) is 0 Å². The normalized spacial score (nSPS) is 15.8. The minimum absolute atomic E-state index is 0.116. The van der Waals surface area contributed by atoms with E-state index in [1.807, 2.05) is 60.7 Å². The molecule has 1 N–H and O–H groups in total. The second kappa shape index (κ2) is 5.63. The standard InChI is InChI=1S/C17H14N2O2/c1-21-16-9-7-13(8-10-16)11-14-12-19(18-17(14)20)15-5-3-2-4-6-15/h2-12H,1H3/p+1/b14-11+. The van der Waals surface area contributed by atoms with Gasteiger partial charge in [-0.2, -0.15) is 0 Å². The number of rotatable bonds is 3. The number of para-hydroxylation sites is 1. The van der Waals surface area contributed by atoms with Crippen molar-refractivity contribution in [2.45, 2.75) is 0 Å². The average molecular weight is 279 g/mol. The summed E-state index contributed by atoms with van der Waals surface area (Å²) in [5, 5.41) is 0. The predicted molar refractivity (Wildman–Crippen MR) is 81.5 cm³/mol. The van der Waals surface area contributed by atoms with Crippen molar-refractivity contribution in [3.05, 3.63) is 65.7 Å². The van der Waals surface area contributed by atoms with Crippen LogP contribution in [-0.2, 0) is 4.79 Å². The summed E-state index contributed by atoms with van der Waals surface area (Å²) in [7, 11) is 1.63. The van der Waals surface area contributed by atoms with Crippen molar-refractivity contribution in [1.29, 1.82) is 0 Å². The van der Waals surface area contributed by atoms with E-state index in [-0.39, 0.29) is 5.91 Å². The van der Waals surface area contributed by atoms with E-state index in [0.29, 0.717) is 5.57 Å². The molecule has 1 amide bonds. The number of benzene rings is 2. The van der Waals surface area contributed by atoms with E-state index in [0.717, 1.165) is 17.0 Å². The molecule has 0 saturated carbocycles. The van der Waals surface area contributed by atoms with Gasteiger partial charge in [0.2, 0.25) is 11.9 Å². The predicted octanol–water partition coefficient (Wildman–Crippen LogP) is 2.54. The van der Waals surface area contributed by atoms with Crippen LogP contribution in [0.15, 0.2) is 60.2 Å². The first-order chi connectivity index (χ1) is 10.3. The number of nitrogens with zero attached hydrogens (tertiary/aromatic N) is 1. The Morgan fingerprint density at radius 2 is 1.76 bits per heavy atom. The molecule has 4 heteroatoms. The Morgan fingerprint density at radius 3 is 2.43 bits per heavy atom. The van der Waals surface area contributed by atoms with Gasteiger partial charge in [0.25, 0.3) is 0 Å². The summed E-state index contributed by atoms with van der Waals surface area (Å²) in [5.74, 6) is 0.678. The van der Waals surface area contributed by atoms with Crippen LogP contribution in [0.3, 0.4) is 0 Å². The maximum Gasteiger partial charge on any atom is 0.311 e. The number of ether oxygens (including phenoxy) is 1. The van der Waals surface area contributed by atoms with Crippen LogP contribution in [0, 0.1) is 0 Å². The Hall–Kier alpha value is -2.88. The zero-order valence-corrected chi connectivity index (χ0v) is 11.6. The van der Waals surface area contributed by atoms with Gasteiger partial charge in [-0.05, 0) is 23.8 Å². The lowest BCUT2D eigenvalue weighted by Crippen LogP contribution is -2.24. The third kappa shape index (κ3) is 2.84. The van der Waals surface area contributed by atoms with Crippen molar-refractivity contribution in [3.63, 3.8) is 0 Å². The molecular weight excluding hydrogens is 264 g/mol. The first-order valence-electron chi connectivity index (χ1n) is 6.62. The lowest BCUT2D eigenvalue weighted by Gasteiger charge is -1.98. The first kappa shape index (κ1) is 13.1. The van der Waals surface area contributed by atoms with E-state index >= 15 is 0 Å². The van der Waals surface area contributed by atoms with E-state index in [1.165, 1.54) is 0 Å². The number of hydrazine groups is 1. The summed E-state index contributed by atoms with van der Waals surface area (Å²) in [4.78, 5) is 12.0. The average Bonchev–Trinajstić information content (AvgIpc) is 2.90. The molecule has 0 fully saturated rings. The highest BCUT2D eigenvalue weighted by Gasteiger charge is 2.26. The largest absolute Gasteiger partial charge is 0.497 e. The number of hydrogen-bond donors (Lipinski definition) is 1. The van der Waals surface area contributed by atoms with Crippen LogP contribution in [0.4, 0.5) is 5.69 Å². The molecule has 0 radical (unpaired) electrons. The van der Waals surface area contributed by atoms with Crippen molar-refractivity contribution in [1.82, 2.24) is 5.43 Å². The second-order valence-electron chi connectivity index (χ2n) is 4.65. The molecule has 104 valence electrons. The van der Waals surface area contributed by atoms with Gasteiger partial charge in [0, 0.05) is 12.1 Å². The lowest BCUT2D eigenvalue weighted by molar-refractivity contribution is -0.481. The fourth-order valence-corrected chi connectivity index (χ4v) is 2.11. The van der Waals surface area contributed by atoms with Gasteiger partial charge in [-0.3, -0.25) is 4.79 Å². The molecule has 0 spiro atoms. The van der Waals surface area contributed by atoms with Gasteiger partial charge in [0.05, 0.1) is 7.11 Å². The Balaban J connectivity index is 1.89. The number of nitrogens with one attached hydrogen (secondary N) is 1. The van der Waals surface area contributed by atoms with Crippen molar-refractivity contribution in [2.75, 3.05) is 7.11 Å². The van der Waals surface area contributed by atoms with Crippen molar-refractivity contribution >= 4 is 23.9 Å². The fourth-order valence-electron chi connectivity index (χ4n) is 2.11. The van der Waals surface area contributed by atoms with E-state index < -0.39 is 0 Å². The molecule has 1 aliphatic heterocycles. The van der Waals surface area contributed by atoms with E-state index in [9.17, 15) is 4.79 Å². The monoisotopic (exact) mass is 279 g/mol. The molecule has 0 aliphatic carbocycles. The number of carbonyl (C=O) groups is 1. The Morgan fingerprint density at radius 1 is 1.05 bits per heavy atom. The number of carbonyl (C=O) groups excluding carboxylic acids is 1. The third-order valence-corrected chi connectivity index (χ3v) is 3.22. The molecular formula is C17H15N2O2+. The molecule has 4 nitrogen and oxygen atoms in total. The molecule has 2 aromatic carbocycles. The topological polar surface area (TPSA) is 41.3 Å². The summed E-state index contributed by atoms with van der Waals surface area (Å²) < 4.78 is 6.84. The molecule has 21 heavy (non-hydrogen) atoms. The highest BCUT2D eigenvalue weighted by Crippen LogP contribution is 2.16. The maximum atomic E-state index is 12.0. The number of methoxy groups -OCH3 is 1. The molecule has 0 aromatic heterocycles. The van der Waals surface area contributed by atoms with Gasteiger partial charge in [0.1, 0.15) is 11.3 Å². The Bertz CT molecular complexity index is 716. The summed E-state index contributed by atoms with van der Waals surface area (Å²) in [6.45, 7) is 0. The van der Waals surface area contributed by atoms with Gasteiger partial charge in [-0.25, -0.2) is 0 Å². The van der Waals surface area contributed by atoms with Gasteiger partial charge < -0.3 is 4.74 Å². The highest BCUT2D eigenvalue weighted by atomic mass is 16.5. The summed E-state index contributed by atoms with van der Waals surface area (Å²) in [6, 6.07) is 17.2. The van der Waals surface area contributed by atoms with Crippen molar-refractivity contribution in [3.8, 4) is 5.75 Å². The van der Waals surface area contributed by atoms with E-state index in [2.05, 4.69) is 5.43 Å². The zero-order valence-electron chi connectivity index (χ0n) is 11.6. The molecule has 1 aliphatic rings. The minimum atomic E-state index is -0.116. The van der Waals surface area contributed by atoms with Crippen LogP contribution in [0.1, 0.15) is 5.56 Å². The first-order valence-corrected chi connectivity index (χ1v) is 6.62. The van der Waals surface area contributed by atoms with Gasteiger partial charge >= 0.3 is 5.91 Å². The lowest BCUT2D eigenvalue weighted by atomic mass is 10.1. The van der Waals surface area contributed by atoms with E-state index in [4.69, 9.17) is 4.74 Å². The summed E-state index contributed by atoms with van der Waals surface area (Å²) in [6.07, 6.45) is 3.64. The summed E-state index contributed by atoms with van der Waals surface area (Å²) in [5.41, 5.74) is 5.30. The van der Waals surface area contributed by atoms with Gasteiger partial charge in [0.15, 0.2) is 0 Å². The number of hydrazone groups is 1. The van der Waals surface area contributed by atoms with Crippen LogP contribution in [0.25, 0.3) is 6.08 Å². The molecule has 3 rings (SSSR count). The van der Waals surface area contributed by atoms with Crippen LogP contribution in [0.2, 0.25) is 0 Å². The van der Waals surface area contributed by atoms with Crippen LogP contribution in [0.5, 0.6) is 5.75 Å². The number of amides is 1. The summed E-state index contributed by atoms with van der Waals surface area (Å²) >= 11 is 0. The highest BCUT2D eigenvalue weighted by molar-refractivity contribution is 6.16. The third-order valence-electron chi connectivity index (χ3n) is 3.22. The molecule has 0 saturated heterocycles. The Labute approximate surface area is 123 Å². The SMILES string of the molecule is COc1ccc(/C=C2\C=[N+](c3ccccc3)NC2=O)cc1. The smallest absolute Gasteiger partial charge is 0.311 e. The molecule has 0 unspecified atom stereocenters. The van der Waals surface area contributed by atoms with Gasteiger partial charge in [-0.15, -0.1) is 5.43 Å². The van der Waals surface area contributed by atoms with E-state index in [1.54, 1.807) is 18.0 Å². The van der Waals surface area contributed by atoms with Crippen molar-refractivity contribution < 1.29 is 14.2 Å². The zero-order chi connectivity index (χ0) is 14.7. The molecule has 1 heterocycles. The minimum Gasteiger partial charge on any atom is -0.497 e. The van der Waals surface area contributed by atoms with Gasteiger partial charge in [-0.1, -0.05) is 35.0 Å². The number of hydrogen-bond acceptors (Lipinski definition) is 2. The maximum absolute atomic E-state index is 12.0. The molecule has 0 atom stereocenters. The van der Waals surface area contributed by atoms with Crippen LogP contribution in [-0.4, -0.2) is 23.9 Å². The van der Waals surface area contributed by atoms with Crippen LogP contribution < -0.4 is 10.2 Å². The quantitative estimate of drug-likeness (QED) is 0.693. The fraction of sp³-hybridized carbons (Fsp3) is 0.0588. The van der Waals surface area contributed by atoms with Crippen LogP contribution >= 0.6 is 0 Å². The Kier molecular flexibility index (Phi) is 3.51. The molecule has 2 aromatic rings.